The number of carbonyl (C=O) groups excluding carboxylic acids is 1. The highest BCUT2D eigenvalue weighted by molar-refractivity contribution is 5.93. The van der Waals surface area contributed by atoms with Crippen molar-refractivity contribution in [1.82, 2.24) is 19.8 Å². The third-order valence-electron chi connectivity index (χ3n) is 6.21. The van der Waals surface area contributed by atoms with Crippen LogP contribution in [-0.4, -0.2) is 59.6 Å². The molecule has 7 heteroatoms. The van der Waals surface area contributed by atoms with Crippen molar-refractivity contribution in [1.29, 1.82) is 0 Å². The van der Waals surface area contributed by atoms with Crippen molar-refractivity contribution < 1.29 is 4.79 Å². The summed E-state index contributed by atoms with van der Waals surface area (Å²) in [5, 5.41) is 2.87. The van der Waals surface area contributed by atoms with Gasteiger partial charge in [-0.25, -0.2) is 4.98 Å². The fourth-order valence-corrected chi connectivity index (χ4v) is 4.29. The Morgan fingerprint density at radius 2 is 1.81 bits per heavy atom. The standard InChI is InChI=1S/C25H31N5O2/c1-18-9-10-19(2)22(17-18)30-15-13-29(14-16-30)12-6-11-26-24(31)23-25(32)28(3)21-8-5-4-7-20(21)27-23/h4-5,7-10,17H,6,11-16H2,1-3H3,(H,26,31). The van der Waals surface area contributed by atoms with Crippen molar-refractivity contribution in [3.05, 3.63) is 69.6 Å². The largest absolute Gasteiger partial charge is 0.369 e. The molecule has 1 fully saturated rings. The van der Waals surface area contributed by atoms with Crippen LogP contribution in [0.4, 0.5) is 5.69 Å². The zero-order chi connectivity index (χ0) is 22.7. The van der Waals surface area contributed by atoms with E-state index < -0.39 is 5.91 Å². The van der Waals surface area contributed by atoms with E-state index in [0.717, 1.165) is 39.1 Å². The van der Waals surface area contributed by atoms with Crippen LogP contribution in [0.1, 0.15) is 28.0 Å². The van der Waals surface area contributed by atoms with Gasteiger partial charge < -0.3 is 14.8 Å². The van der Waals surface area contributed by atoms with E-state index in [0.29, 0.717) is 17.6 Å². The number of carbonyl (C=O) groups is 1. The number of rotatable bonds is 6. The number of amides is 1. The van der Waals surface area contributed by atoms with E-state index in [2.05, 4.69) is 52.1 Å². The van der Waals surface area contributed by atoms with Crippen LogP contribution in [0.2, 0.25) is 0 Å². The summed E-state index contributed by atoms with van der Waals surface area (Å²) in [4.78, 5) is 34.3. The maximum absolute atomic E-state index is 12.6. The summed E-state index contributed by atoms with van der Waals surface area (Å²) in [6.07, 6.45) is 0.836. The molecule has 4 rings (SSSR count). The molecule has 1 aromatic heterocycles. The van der Waals surface area contributed by atoms with Gasteiger partial charge in [0.05, 0.1) is 11.0 Å². The Morgan fingerprint density at radius 3 is 2.59 bits per heavy atom. The van der Waals surface area contributed by atoms with E-state index >= 15 is 0 Å². The van der Waals surface area contributed by atoms with Gasteiger partial charge in [-0.2, -0.15) is 0 Å². The molecule has 0 atom stereocenters. The molecule has 32 heavy (non-hydrogen) atoms. The fraction of sp³-hybridized carbons (Fsp3) is 0.400. The monoisotopic (exact) mass is 433 g/mol. The normalized spacial score (nSPS) is 14.7. The molecule has 0 bridgehead atoms. The number of nitrogens with one attached hydrogen (secondary N) is 1. The van der Waals surface area contributed by atoms with Crippen LogP contribution in [0.15, 0.2) is 47.3 Å². The van der Waals surface area contributed by atoms with Gasteiger partial charge in [-0.05, 0) is 56.1 Å². The minimum atomic E-state index is -0.406. The topological polar surface area (TPSA) is 70.5 Å². The van der Waals surface area contributed by atoms with Gasteiger partial charge >= 0.3 is 0 Å². The van der Waals surface area contributed by atoms with Gasteiger partial charge in [-0.1, -0.05) is 24.3 Å². The van der Waals surface area contributed by atoms with E-state index in [1.165, 1.54) is 21.4 Å². The van der Waals surface area contributed by atoms with Crippen LogP contribution >= 0.6 is 0 Å². The SMILES string of the molecule is Cc1ccc(C)c(N2CCN(CCCNC(=O)c3nc4ccccc4n(C)c3=O)CC2)c1. The first-order chi connectivity index (χ1) is 15.4. The number of aromatic nitrogens is 2. The number of piperazine rings is 1. The van der Waals surface area contributed by atoms with Crippen molar-refractivity contribution in [2.24, 2.45) is 7.05 Å². The highest BCUT2D eigenvalue weighted by Gasteiger charge is 2.19. The van der Waals surface area contributed by atoms with Gasteiger partial charge in [-0.3, -0.25) is 14.5 Å². The number of hydrogen-bond donors (Lipinski definition) is 1. The smallest absolute Gasteiger partial charge is 0.282 e. The zero-order valence-corrected chi connectivity index (χ0v) is 19.1. The Kier molecular flexibility index (Phi) is 6.55. The molecule has 2 heterocycles. The second-order valence-electron chi connectivity index (χ2n) is 8.54. The van der Waals surface area contributed by atoms with Crippen LogP contribution in [0.25, 0.3) is 11.0 Å². The molecule has 1 N–H and O–H groups in total. The molecule has 3 aromatic rings. The summed E-state index contributed by atoms with van der Waals surface area (Å²) in [5.74, 6) is -0.406. The lowest BCUT2D eigenvalue weighted by Crippen LogP contribution is -2.47. The van der Waals surface area contributed by atoms with Crippen molar-refractivity contribution in [3.8, 4) is 0 Å². The molecule has 0 unspecified atom stereocenters. The second kappa shape index (κ2) is 9.53. The zero-order valence-electron chi connectivity index (χ0n) is 19.1. The number of hydrogen-bond acceptors (Lipinski definition) is 5. The van der Waals surface area contributed by atoms with Crippen molar-refractivity contribution in [2.75, 3.05) is 44.2 Å². The van der Waals surface area contributed by atoms with Crippen molar-refractivity contribution in [2.45, 2.75) is 20.3 Å². The van der Waals surface area contributed by atoms with Crippen molar-refractivity contribution >= 4 is 22.6 Å². The lowest BCUT2D eigenvalue weighted by molar-refractivity contribution is 0.0944. The summed E-state index contributed by atoms with van der Waals surface area (Å²) in [7, 11) is 1.67. The van der Waals surface area contributed by atoms with E-state index in [4.69, 9.17) is 0 Å². The second-order valence-corrected chi connectivity index (χ2v) is 8.54. The van der Waals surface area contributed by atoms with E-state index in [-0.39, 0.29) is 11.3 Å². The molecule has 168 valence electrons. The van der Waals surface area contributed by atoms with E-state index in [1.54, 1.807) is 7.05 Å². The van der Waals surface area contributed by atoms with Gasteiger partial charge in [0.15, 0.2) is 5.69 Å². The minimum absolute atomic E-state index is 0.0478. The minimum Gasteiger partial charge on any atom is -0.369 e. The summed E-state index contributed by atoms with van der Waals surface area (Å²) in [5.41, 5.74) is 4.88. The lowest BCUT2D eigenvalue weighted by atomic mass is 10.1. The first kappa shape index (κ1) is 22.0. The number of benzene rings is 2. The molecule has 2 aromatic carbocycles. The maximum atomic E-state index is 12.6. The van der Waals surface area contributed by atoms with Gasteiger partial charge in [0.25, 0.3) is 11.5 Å². The van der Waals surface area contributed by atoms with Gasteiger partial charge in [0.2, 0.25) is 0 Å². The summed E-state index contributed by atoms with van der Waals surface area (Å²) < 4.78 is 1.48. The van der Waals surface area contributed by atoms with Gasteiger partial charge in [-0.15, -0.1) is 0 Å². The molecule has 0 aliphatic carbocycles. The Balaban J connectivity index is 1.26. The molecular formula is C25H31N5O2. The van der Waals surface area contributed by atoms with E-state index in [1.807, 2.05) is 24.3 Å². The van der Waals surface area contributed by atoms with Crippen LogP contribution in [0, 0.1) is 13.8 Å². The predicted molar refractivity (Wildman–Crippen MR) is 129 cm³/mol. The molecule has 1 saturated heterocycles. The molecule has 1 aliphatic rings. The molecule has 7 nitrogen and oxygen atoms in total. The van der Waals surface area contributed by atoms with Gasteiger partial charge in [0, 0.05) is 45.5 Å². The highest BCUT2D eigenvalue weighted by atomic mass is 16.2. The molecule has 0 radical (unpaired) electrons. The van der Waals surface area contributed by atoms with Crippen LogP contribution < -0.4 is 15.8 Å². The van der Waals surface area contributed by atoms with E-state index in [9.17, 15) is 9.59 Å². The maximum Gasteiger partial charge on any atom is 0.282 e. The van der Waals surface area contributed by atoms with Crippen LogP contribution in [0.5, 0.6) is 0 Å². The Labute approximate surface area is 188 Å². The third-order valence-corrected chi connectivity index (χ3v) is 6.21. The Hall–Kier alpha value is -3.19. The summed E-state index contributed by atoms with van der Waals surface area (Å²) in [6, 6.07) is 14.0. The average molecular weight is 434 g/mol. The molecule has 0 spiro atoms. The lowest BCUT2D eigenvalue weighted by Gasteiger charge is -2.37. The number of nitrogens with zero attached hydrogens (tertiary/aromatic N) is 4. The Morgan fingerprint density at radius 1 is 1.06 bits per heavy atom. The van der Waals surface area contributed by atoms with Crippen LogP contribution in [-0.2, 0) is 7.05 Å². The van der Waals surface area contributed by atoms with Crippen LogP contribution in [0.3, 0.4) is 0 Å². The number of aryl methyl sites for hydroxylation is 3. The predicted octanol–water partition coefficient (Wildman–Crippen LogP) is 2.49. The first-order valence-electron chi connectivity index (χ1n) is 11.2. The third kappa shape index (κ3) is 4.67. The Bertz CT molecular complexity index is 1180. The first-order valence-corrected chi connectivity index (χ1v) is 11.2. The van der Waals surface area contributed by atoms with Crippen molar-refractivity contribution in [3.63, 3.8) is 0 Å². The summed E-state index contributed by atoms with van der Waals surface area (Å²) >= 11 is 0. The number of para-hydroxylation sites is 2. The highest BCUT2D eigenvalue weighted by Crippen LogP contribution is 2.22. The average Bonchev–Trinajstić information content (AvgIpc) is 2.81. The fourth-order valence-electron chi connectivity index (χ4n) is 4.29. The summed E-state index contributed by atoms with van der Waals surface area (Å²) in [6.45, 7) is 9.78. The van der Waals surface area contributed by atoms with Gasteiger partial charge in [0.1, 0.15) is 0 Å². The quantitative estimate of drug-likeness (QED) is 0.605. The molecular weight excluding hydrogens is 402 g/mol. The number of anilines is 1. The molecule has 1 aliphatic heterocycles. The molecule has 1 amide bonds. The molecule has 0 saturated carbocycles. The number of fused-ring (bicyclic) bond motifs is 1.